The highest BCUT2D eigenvalue weighted by Gasteiger charge is 2.35. The average molecular weight is 805 g/mol. The van der Waals surface area contributed by atoms with Crippen LogP contribution < -0.4 is 0 Å². The Morgan fingerprint density at radius 2 is 1.29 bits per heavy atom. The van der Waals surface area contributed by atoms with Gasteiger partial charge in [0.1, 0.15) is 6.61 Å². The van der Waals surface area contributed by atoms with Gasteiger partial charge in [0.15, 0.2) is 12.4 Å². The molecule has 0 bridgehead atoms. The van der Waals surface area contributed by atoms with Crippen molar-refractivity contribution in [2.75, 3.05) is 13.2 Å². The minimum Gasteiger partial charge on any atom is -0.462 e. The topological polar surface area (TPSA) is 189 Å². The second-order valence-corrected chi connectivity index (χ2v) is 16.4. The minimum absolute atomic E-state index is 0.0756. The zero-order valence-corrected chi connectivity index (χ0v) is 35.0. The number of hydrogen-bond donors (Lipinski definition) is 5. The van der Waals surface area contributed by atoms with Crippen LogP contribution >= 0.6 is 7.82 Å². The summed E-state index contributed by atoms with van der Waals surface area (Å²) in [6.07, 6.45) is 28.0. The summed E-state index contributed by atoms with van der Waals surface area (Å²) in [4.78, 5) is 43.1. The maximum atomic E-state index is 12.5. The Balaban J connectivity index is 2.30. The van der Waals surface area contributed by atoms with Crippen LogP contribution in [0, 0.1) is 5.92 Å². The molecular weight excluding hydrogens is 727 g/mol. The standard InChI is InChI=1S/C42H77O12P/c1-3-5-7-8-9-10-11-12-13-14-15-16-17-18-19-25-29-41(46)53-36(34-52-55(48,49)50)33-51-40(45)28-24-21-20-23-27-37-38(44)32-42(47)54-39(37)31-30-35(43)26-22-6-4-2/h20,23,30-31,35-39,42-44,47H,3-19,21-22,24-29,32-34H2,1-2H3,(H2,48,49,50)/b23-20-,31-30+/t35-,36+,37-,38-,39+,42?/m0/s1. The van der Waals surface area contributed by atoms with Gasteiger partial charge in [-0.2, -0.15) is 0 Å². The van der Waals surface area contributed by atoms with E-state index in [1.54, 1.807) is 12.2 Å². The molecule has 322 valence electrons. The van der Waals surface area contributed by atoms with Crippen LogP contribution in [0.15, 0.2) is 24.3 Å². The number of aliphatic hydroxyl groups is 3. The molecule has 0 radical (unpaired) electrons. The van der Waals surface area contributed by atoms with Gasteiger partial charge in [-0.05, 0) is 32.1 Å². The number of ether oxygens (including phenoxy) is 3. The second-order valence-electron chi connectivity index (χ2n) is 15.2. The highest BCUT2D eigenvalue weighted by molar-refractivity contribution is 7.46. The molecule has 1 aliphatic rings. The Hall–Kier alpha value is -1.63. The lowest BCUT2D eigenvalue weighted by Gasteiger charge is -2.36. The molecule has 5 N–H and O–H groups in total. The maximum Gasteiger partial charge on any atom is 0.469 e. The van der Waals surface area contributed by atoms with E-state index in [9.17, 15) is 29.5 Å². The lowest BCUT2D eigenvalue weighted by molar-refractivity contribution is -0.199. The summed E-state index contributed by atoms with van der Waals surface area (Å²) in [5, 5.41) is 30.8. The molecule has 1 fully saturated rings. The van der Waals surface area contributed by atoms with Gasteiger partial charge in [0.2, 0.25) is 0 Å². The molecule has 13 heteroatoms. The maximum absolute atomic E-state index is 12.5. The molecule has 0 aromatic rings. The first kappa shape index (κ1) is 51.4. The van der Waals surface area contributed by atoms with E-state index in [0.717, 1.165) is 38.5 Å². The minimum atomic E-state index is -4.82. The third-order valence-corrected chi connectivity index (χ3v) is 10.5. The van der Waals surface area contributed by atoms with E-state index in [4.69, 9.17) is 24.0 Å². The van der Waals surface area contributed by atoms with Gasteiger partial charge in [0.05, 0.1) is 24.9 Å². The van der Waals surface area contributed by atoms with Crippen molar-refractivity contribution in [3.63, 3.8) is 0 Å². The molecule has 0 aromatic heterocycles. The predicted molar refractivity (Wildman–Crippen MR) is 215 cm³/mol. The molecule has 1 heterocycles. The first-order valence-corrected chi connectivity index (χ1v) is 23.1. The van der Waals surface area contributed by atoms with Gasteiger partial charge in [0.25, 0.3) is 0 Å². The Labute approximate surface area is 332 Å². The monoisotopic (exact) mass is 805 g/mol. The van der Waals surface area contributed by atoms with Crippen LogP contribution in [0.25, 0.3) is 0 Å². The summed E-state index contributed by atoms with van der Waals surface area (Å²) >= 11 is 0. The van der Waals surface area contributed by atoms with Crippen molar-refractivity contribution in [2.24, 2.45) is 5.92 Å². The van der Waals surface area contributed by atoms with Crippen LogP contribution in [-0.2, 0) is 32.9 Å². The van der Waals surface area contributed by atoms with Crippen LogP contribution in [0.5, 0.6) is 0 Å². The van der Waals surface area contributed by atoms with Crippen LogP contribution in [0.3, 0.4) is 0 Å². The summed E-state index contributed by atoms with van der Waals surface area (Å²) in [5.41, 5.74) is 0. The fourth-order valence-electron chi connectivity index (χ4n) is 6.71. The average Bonchev–Trinajstić information content (AvgIpc) is 3.13. The molecule has 55 heavy (non-hydrogen) atoms. The molecular formula is C42H77O12P. The lowest BCUT2D eigenvalue weighted by Crippen LogP contribution is -2.43. The zero-order chi connectivity index (χ0) is 40.6. The van der Waals surface area contributed by atoms with Gasteiger partial charge in [-0.1, -0.05) is 154 Å². The van der Waals surface area contributed by atoms with Crippen molar-refractivity contribution in [3.8, 4) is 0 Å². The third-order valence-electron chi connectivity index (χ3n) is 10.0. The van der Waals surface area contributed by atoms with E-state index >= 15 is 0 Å². The molecule has 1 saturated heterocycles. The molecule has 1 unspecified atom stereocenters. The van der Waals surface area contributed by atoms with Crippen molar-refractivity contribution in [1.29, 1.82) is 0 Å². The van der Waals surface area contributed by atoms with Crippen LogP contribution in [0.1, 0.15) is 181 Å². The van der Waals surface area contributed by atoms with E-state index in [1.165, 1.54) is 77.0 Å². The fraction of sp³-hybridized carbons (Fsp3) is 0.857. The van der Waals surface area contributed by atoms with E-state index in [0.29, 0.717) is 32.1 Å². The number of aliphatic hydroxyl groups excluding tert-OH is 3. The Kier molecular flexibility index (Phi) is 31.2. The highest BCUT2D eigenvalue weighted by atomic mass is 31.2. The summed E-state index contributed by atoms with van der Waals surface area (Å²) in [5.74, 6) is -1.38. The molecule has 12 nitrogen and oxygen atoms in total. The molecule has 1 aliphatic heterocycles. The summed E-state index contributed by atoms with van der Waals surface area (Å²) in [6, 6.07) is 0. The fourth-order valence-corrected chi connectivity index (χ4v) is 7.07. The quantitative estimate of drug-likeness (QED) is 0.0177. The summed E-state index contributed by atoms with van der Waals surface area (Å²) in [6.45, 7) is 3.36. The number of hydrogen-bond acceptors (Lipinski definition) is 10. The summed E-state index contributed by atoms with van der Waals surface area (Å²) < 4.78 is 32.0. The van der Waals surface area contributed by atoms with Gasteiger partial charge in [-0.25, -0.2) is 4.57 Å². The van der Waals surface area contributed by atoms with E-state index in [-0.39, 0.29) is 31.8 Å². The van der Waals surface area contributed by atoms with Gasteiger partial charge in [0, 0.05) is 25.2 Å². The molecule has 6 atom stereocenters. The van der Waals surface area contributed by atoms with Gasteiger partial charge < -0.3 is 39.3 Å². The number of rotatable bonds is 35. The lowest BCUT2D eigenvalue weighted by atomic mass is 9.87. The van der Waals surface area contributed by atoms with E-state index < -0.39 is 57.1 Å². The molecule has 0 saturated carbocycles. The zero-order valence-electron chi connectivity index (χ0n) is 34.1. The number of allylic oxidation sites excluding steroid dienone is 2. The van der Waals surface area contributed by atoms with Gasteiger partial charge in [-0.3, -0.25) is 14.1 Å². The molecule has 0 spiro atoms. The van der Waals surface area contributed by atoms with Crippen molar-refractivity contribution in [1.82, 2.24) is 0 Å². The smallest absolute Gasteiger partial charge is 0.462 e. The molecule has 0 aliphatic carbocycles. The third kappa shape index (κ3) is 30.2. The van der Waals surface area contributed by atoms with Gasteiger partial charge in [-0.15, -0.1) is 0 Å². The number of esters is 2. The normalized spacial score (nSPS) is 20.3. The number of carbonyl (C=O) groups excluding carboxylic acids is 2. The van der Waals surface area contributed by atoms with Gasteiger partial charge >= 0.3 is 19.8 Å². The Morgan fingerprint density at radius 1 is 0.745 bits per heavy atom. The predicted octanol–water partition coefficient (Wildman–Crippen LogP) is 8.90. The first-order chi connectivity index (χ1) is 26.4. The van der Waals surface area contributed by atoms with E-state index in [1.807, 2.05) is 12.2 Å². The number of phosphoric ester groups is 1. The molecule has 0 amide bonds. The van der Waals surface area contributed by atoms with Crippen LogP contribution in [-0.4, -0.2) is 81.0 Å². The highest BCUT2D eigenvalue weighted by Crippen LogP contribution is 2.36. The number of unbranched alkanes of at least 4 members (excludes halogenated alkanes) is 18. The largest absolute Gasteiger partial charge is 0.469 e. The SMILES string of the molecule is CCCCCCCCCCCCCCCCCCC(=O)O[C@H](COC(=O)CCC/C=C\C[C@H]1[C@@H](O)CC(O)O[C@@H]1/C=C/[C@@H](O)CCCCC)COP(=O)(O)O. The number of carbonyl (C=O) groups is 2. The van der Waals surface area contributed by atoms with Crippen molar-refractivity contribution >= 4 is 19.8 Å². The van der Waals surface area contributed by atoms with E-state index in [2.05, 4.69) is 18.4 Å². The number of phosphoric acid groups is 1. The Bertz CT molecular complexity index is 1060. The second kappa shape index (κ2) is 33.4. The molecule has 0 aromatic carbocycles. The van der Waals surface area contributed by atoms with Crippen LogP contribution in [0.4, 0.5) is 0 Å². The molecule has 1 rings (SSSR count). The first-order valence-electron chi connectivity index (χ1n) is 21.5. The Morgan fingerprint density at radius 3 is 1.87 bits per heavy atom. The van der Waals surface area contributed by atoms with Crippen molar-refractivity contribution in [2.45, 2.75) is 211 Å². The van der Waals surface area contributed by atoms with Crippen LogP contribution in [0.2, 0.25) is 0 Å². The van der Waals surface area contributed by atoms with Crippen molar-refractivity contribution < 1.29 is 58.0 Å². The van der Waals surface area contributed by atoms with Crippen molar-refractivity contribution in [3.05, 3.63) is 24.3 Å². The summed E-state index contributed by atoms with van der Waals surface area (Å²) in [7, 11) is -4.82.